The summed E-state index contributed by atoms with van der Waals surface area (Å²) in [6.45, 7) is 5.92. The van der Waals surface area contributed by atoms with E-state index in [0.717, 1.165) is 11.3 Å². The average molecular weight is 262 g/mol. The number of hydrogen-bond acceptors (Lipinski definition) is 3. The largest absolute Gasteiger partial charge is 0.394 e. The molecule has 0 unspecified atom stereocenters. The summed E-state index contributed by atoms with van der Waals surface area (Å²) < 4.78 is 15.1. The molecule has 5 heteroatoms. The fraction of sp³-hybridized carbons (Fsp3) is 0.357. The zero-order valence-corrected chi connectivity index (χ0v) is 11.7. The Morgan fingerprint density at radius 3 is 2.53 bits per heavy atom. The van der Waals surface area contributed by atoms with Crippen molar-refractivity contribution in [2.24, 2.45) is 7.05 Å². The van der Waals surface area contributed by atoms with Crippen molar-refractivity contribution in [2.75, 3.05) is 11.1 Å². The minimum absolute atomic E-state index is 0.246. The maximum absolute atomic E-state index is 13.4. The predicted molar refractivity (Wildman–Crippen MR) is 76.1 cm³/mol. The molecule has 2 aromatic rings. The van der Waals surface area contributed by atoms with Gasteiger partial charge in [-0.25, -0.2) is 4.39 Å². The molecular formula is C14H19FN4. The molecule has 1 aromatic carbocycles. The highest BCUT2D eigenvalue weighted by atomic mass is 19.1. The van der Waals surface area contributed by atoms with Crippen molar-refractivity contribution in [3.63, 3.8) is 0 Å². The van der Waals surface area contributed by atoms with E-state index in [2.05, 4.69) is 10.4 Å². The first kappa shape index (κ1) is 13.4. The second kappa shape index (κ2) is 4.91. The number of rotatable bonds is 3. The summed E-state index contributed by atoms with van der Waals surface area (Å²) in [6.07, 6.45) is 0. The van der Waals surface area contributed by atoms with Crippen LogP contribution in [-0.2, 0) is 7.05 Å². The molecule has 0 amide bonds. The summed E-state index contributed by atoms with van der Waals surface area (Å²) >= 11 is 0. The molecule has 1 aromatic heterocycles. The van der Waals surface area contributed by atoms with E-state index in [9.17, 15) is 4.39 Å². The molecular weight excluding hydrogens is 243 g/mol. The Hall–Kier alpha value is -2.04. The third kappa shape index (κ3) is 2.70. The van der Waals surface area contributed by atoms with Gasteiger partial charge in [0.25, 0.3) is 0 Å². The summed E-state index contributed by atoms with van der Waals surface area (Å²) in [4.78, 5) is 0. The SMILES string of the molecule is Cc1cc(F)cc(Nc2c(N)c(C(C)C)nn2C)c1. The first-order valence-corrected chi connectivity index (χ1v) is 6.25. The number of nitrogen functional groups attached to an aromatic ring is 1. The van der Waals surface area contributed by atoms with Gasteiger partial charge in [0.1, 0.15) is 5.82 Å². The number of aromatic nitrogens is 2. The van der Waals surface area contributed by atoms with E-state index in [4.69, 9.17) is 5.73 Å². The number of halogens is 1. The van der Waals surface area contributed by atoms with Crippen LogP contribution in [0.25, 0.3) is 0 Å². The van der Waals surface area contributed by atoms with Gasteiger partial charge in [-0.3, -0.25) is 4.68 Å². The van der Waals surface area contributed by atoms with E-state index in [0.29, 0.717) is 17.2 Å². The Bertz CT molecular complexity index is 581. The highest BCUT2D eigenvalue weighted by molar-refractivity contribution is 5.72. The monoisotopic (exact) mass is 262 g/mol. The zero-order chi connectivity index (χ0) is 14.2. The van der Waals surface area contributed by atoms with Crippen molar-refractivity contribution < 1.29 is 4.39 Å². The first-order valence-electron chi connectivity index (χ1n) is 6.25. The average Bonchev–Trinajstić information content (AvgIpc) is 2.56. The number of aryl methyl sites for hydroxylation is 2. The first-order chi connectivity index (χ1) is 8.88. The Morgan fingerprint density at radius 2 is 2.00 bits per heavy atom. The predicted octanol–water partition coefficient (Wildman–Crippen LogP) is 3.32. The Balaban J connectivity index is 2.38. The molecule has 0 saturated heterocycles. The third-order valence-electron chi connectivity index (χ3n) is 2.96. The quantitative estimate of drug-likeness (QED) is 0.892. The zero-order valence-electron chi connectivity index (χ0n) is 11.7. The molecule has 0 spiro atoms. The Morgan fingerprint density at radius 1 is 1.32 bits per heavy atom. The van der Waals surface area contributed by atoms with Gasteiger partial charge in [0, 0.05) is 12.7 Å². The Kier molecular flexibility index (Phi) is 3.46. The van der Waals surface area contributed by atoms with Gasteiger partial charge in [-0.05, 0) is 36.6 Å². The van der Waals surface area contributed by atoms with Crippen molar-refractivity contribution in [3.05, 3.63) is 35.3 Å². The highest BCUT2D eigenvalue weighted by Gasteiger charge is 2.16. The number of hydrogen-bond donors (Lipinski definition) is 2. The Labute approximate surface area is 112 Å². The summed E-state index contributed by atoms with van der Waals surface area (Å²) in [5.74, 6) is 0.664. The van der Waals surface area contributed by atoms with E-state index in [-0.39, 0.29) is 11.7 Å². The second-order valence-corrected chi connectivity index (χ2v) is 5.07. The van der Waals surface area contributed by atoms with Crippen LogP contribution in [0.1, 0.15) is 31.0 Å². The number of nitrogens with one attached hydrogen (secondary N) is 1. The fourth-order valence-electron chi connectivity index (χ4n) is 2.08. The van der Waals surface area contributed by atoms with Gasteiger partial charge in [-0.1, -0.05) is 13.8 Å². The molecule has 0 aliphatic rings. The van der Waals surface area contributed by atoms with Crippen molar-refractivity contribution in [1.82, 2.24) is 9.78 Å². The van der Waals surface area contributed by atoms with Crippen LogP contribution in [0.4, 0.5) is 21.6 Å². The lowest BCUT2D eigenvalue weighted by Crippen LogP contribution is -2.01. The highest BCUT2D eigenvalue weighted by Crippen LogP contribution is 2.30. The van der Waals surface area contributed by atoms with Gasteiger partial charge in [0.2, 0.25) is 0 Å². The summed E-state index contributed by atoms with van der Waals surface area (Å²) in [5, 5.41) is 7.52. The second-order valence-electron chi connectivity index (χ2n) is 5.07. The maximum atomic E-state index is 13.4. The fourth-order valence-corrected chi connectivity index (χ4v) is 2.08. The van der Waals surface area contributed by atoms with Gasteiger partial charge in [0.05, 0.1) is 11.4 Å². The summed E-state index contributed by atoms with van der Waals surface area (Å²) in [6, 6.07) is 4.79. The topological polar surface area (TPSA) is 55.9 Å². The molecule has 0 radical (unpaired) electrons. The molecule has 2 rings (SSSR count). The normalized spacial score (nSPS) is 11.1. The molecule has 4 nitrogen and oxygen atoms in total. The number of anilines is 3. The summed E-state index contributed by atoms with van der Waals surface area (Å²) in [5.41, 5.74) is 9.07. The molecule has 0 atom stereocenters. The number of nitrogens with zero attached hydrogens (tertiary/aromatic N) is 2. The van der Waals surface area contributed by atoms with E-state index >= 15 is 0 Å². The number of nitrogens with two attached hydrogens (primary N) is 1. The molecule has 0 bridgehead atoms. The van der Waals surface area contributed by atoms with Crippen LogP contribution in [0, 0.1) is 12.7 Å². The van der Waals surface area contributed by atoms with Gasteiger partial charge in [0.15, 0.2) is 5.82 Å². The third-order valence-corrected chi connectivity index (χ3v) is 2.96. The van der Waals surface area contributed by atoms with Gasteiger partial charge in [-0.15, -0.1) is 0 Å². The van der Waals surface area contributed by atoms with Gasteiger partial charge >= 0.3 is 0 Å². The smallest absolute Gasteiger partial charge is 0.152 e. The standard InChI is InChI=1S/C14H19FN4/c1-8(2)13-12(16)14(19(4)18-13)17-11-6-9(3)5-10(15)7-11/h5-8,17H,16H2,1-4H3. The van der Waals surface area contributed by atoms with Crippen molar-refractivity contribution in [3.8, 4) is 0 Å². The van der Waals surface area contributed by atoms with Crippen molar-refractivity contribution >= 4 is 17.2 Å². The maximum Gasteiger partial charge on any atom is 0.152 e. The number of benzene rings is 1. The van der Waals surface area contributed by atoms with E-state index in [1.165, 1.54) is 12.1 Å². The van der Waals surface area contributed by atoms with E-state index in [1.807, 2.05) is 33.9 Å². The van der Waals surface area contributed by atoms with Crippen LogP contribution in [0.3, 0.4) is 0 Å². The van der Waals surface area contributed by atoms with Crippen LogP contribution >= 0.6 is 0 Å². The van der Waals surface area contributed by atoms with Crippen LogP contribution in [0.15, 0.2) is 18.2 Å². The molecule has 102 valence electrons. The van der Waals surface area contributed by atoms with Gasteiger partial charge in [-0.2, -0.15) is 5.10 Å². The molecule has 0 aliphatic heterocycles. The lowest BCUT2D eigenvalue weighted by atomic mass is 10.1. The molecule has 0 aliphatic carbocycles. The van der Waals surface area contributed by atoms with Crippen LogP contribution in [0.2, 0.25) is 0 Å². The summed E-state index contributed by atoms with van der Waals surface area (Å²) in [7, 11) is 1.82. The molecule has 19 heavy (non-hydrogen) atoms. The van der Waals surface area contributed by atoms with Crippen LogP contribution in [0.5, 0.6) is 0 Å². The van der Waals surface area contributed by atoms with Crippen LogP contribution in [-0.4, -0.2) is 9.78 Å². The minimum atomic E-state index is -0.271. The molecule has 0 fully saturated rings. The minimum Gasteiger partial charge on any atom is -0.394 e. The molecule has 1 heterocycles. The van der Waals surface area contributed by atoms with E-state index in [1.54, 1.807) is 4.68 Å². The van der Waals surface area contributed by atoms with Crippen molar-refractivity contribution in [1.29, 1.82) is 0 Å². The molecule has 0 saturated carbocycles. The van der Waals surface area contributed by atoms with Crippen molar-refractivity contribution in [2.45, 2.75) is 26.7 Å². The van der Waals surface area contributed by atoms with Gasteiger partial charge < -0.3 is 11.1 Å². The molecule has 3 N–H and O–H groups in total. The van der Waals surface area contributed by atoms with Crippen LogP contribution < -0.4 is 11.1 Å². The lowest BCUT2D eigenvalue weighted by Gasteiger charge is -2.09. The van der Waals surface area contributed by atoms with E-state index < -0.39 is 0 Å². The lowest BCUT2D eigenvalue weighted by molar-refractivity contribution is 0.627.